The van der Waals surface area contributed by atoms with E-state index in [0.717, 1.165) is 37.3 Å². The number of ether oxygens (including phenoxy) is 2. The molecule has 0 amide bonds. The molecule has 0 unspecified atom stereocenters. The Hall–Kier alpha value is -2.80. The molecule has 3 aromatic rings. The molecule has 0 spiro atoms. The number of hydrogen-bond acceptors (Lipinski definition) is 7. The molecule has 4 heterocycles. The van der Waals surface area contributed by atoms with Crippen LogP contribution in [0.3, 0.4) is 0 Å². The van der Waals surface area contributed by atoms with Gasteiger partial charge in [-0.2, -0.15) is 0 Å². The average Bonchev–Trinajstić information content (AvgIpc) is 3.42. The molecule has 0 saturated carbocycles. The van der Waals surface area contributed by atoms with E-state index in [2.05, 4.69) is 27.2 Å². The molecule has 2 aliphatic heterocycles. The molecular formula is C20H21N3O4. The monoisotopic (exact) mass is 367 g/mol. The highest BCUT2D eigenvalue weighted by Gasteiger charge is 2.28. The number of benzene rings is 1. The second-order valence-corrected chi connectivity index (χ2v) is 6.86. The van der Waals surface area contributed by atoms with Gasteiger partial charge in [-0.3, -0.25) is 4.90 Å². The second kappa shape index (κ2) is 7.08. The minimum atomic E-state index is 0.307. The third kappa shape index (κ3) is 3.30. The van der Waals surface area contributed by atoms with E-state index in [4.69, 9.17) is 18.3 Å². The summed E-state index contributed by atoms with van der Waals surface area (Å²) in [4.78, 5) is 2.37. The maximum Gasteiger partial charge on any atom is 0.283 e. The van der Waals surface area contributed by atoms with Crippen LogP contribution in [0.1, 0.15) is 36.8 Å². The van der Waals surface area contributed by atoms with Crippen LogP contribution < -0.4 is 9.47 Å². The van der Waals surface area contributed by atoms with Gasteiger partial charge < -0.3 is 18.3 Å². The van der Waals surface area contributed by atoms with Crippen LogP contribution in [0.2, 0.25) is 0 Å². The van der Waals surface area contributed by atoms with Crippen molar-refractivity contribution in [2.45, 2.75) is 31.8 Å². The zero-order chi connectivity index (χ0) is 18.1. The van der Waals surface area contributed by atoms with Crippen LogP contribution in [0.5, 0.6) is 11.5 Å². The van der Waals surface area contributed by atoms with Crippen LogP contribution in [0.15, 0.2) is 45.4 Å². The predicted octanol–water partition coefficient (Wildman–Crippen LogP) is 3.83. The lowest BCUT2D eigenvalue weighted by atomic mass is 10.0. The van der Waals surface area contributed by atoms with Crippen molar-refractivity contribution < 1.29 is 18.3 Å². The fraction of sp³-hybridized carbons (Fsp3) is 0.400. The smallest absolute Gasteiger partial charge is 0.283 e. The van der Waals surface area contributed by atoms with Crippen molar-refractivity contribution >= 4 is 0 Å². The summed E-state index contributed by atoms with van der Waals surface area (Å²) >= 11 is 0. The van der Waals surface area contributed by atoms with E-state index in [-0.39, 0.29) is 0 Å². The van der Waals surface area contributed by atoms with Crippen LogP contribution in [0.4, 0.5) is 0 Å². The first-order chi connectivity index (χ1) is 13.4. The predicted molar refractivity (Wildman–Crippen MR) is 96.4 cm³/mol. The lowest BCUT2D eigenvalue weighted by molar-refractivity contribution is 0.223. The number of nitrogens with zero attached hydrogens (tertiary/aromatic N) is 3. The molecule has 1 atom stereocenters. The summed E-state index contributed by atoms with van der Waals surface area (Å²) in [5, 5.41) is 8.28. The Balaban J connectivity index is 1.34. The van der Waals surface area contributed by atoms with Gasteiger partial charge in [0.1, 0.15) is 0 Å². The summed E-state index contributed by atoms with van der Waals surface area (Å²) in [5.74, 6) is 3.29. The van der Waals surface area contributed by atoms with Crippen molar-refractivity contribution in [3.05, 3.63) is 48.0 Å². The van der Waals surface area contributed by atoms with Gasteiger partial charge in [0.2, 0.25) is 5.89 Å². The van der Waals surface area contributed by atoms with Crippen LogP contribution in [-0.4, -0.2) is 34.9 Å². The van der Waals surface area contributed by atoms with E-state index in [1.54, 1.807) is 12.3 Å². The standard InChI is InChI=1S/C20H21N3O4/c1-4-15(14-6-7-16-18(12-14)26-11-3-10-24-16)23(8-1)13-19-21-22-20(27-19)17-5-2-9-25-17/h2,5-7,9,12,15H,1,3-4,8,10-11,13H2/t15-/m0/s1. The fourth-order valence-corrected chi connectivity index (χ4v) is 3.77. The molecule has 0 aliphatic carbocycles. The van der Waals surface area contributed by atoms with Crippen LogP contribution in [0.25, 0.3) is 11.7 Å². The number of rotatable bonds is 4. The zero-order valence-electron chi connectivity index (χ0n) is 15.0. The summed E-state index contributed by atoms with van der Waals surface area (Å²) in [5.41, 5.74) is 1.24. The topological polar surface area (TPSA) is 73.8 Å². The number of hydrogen-bond donors (Lipinski definition) is 0. The van der Waals surface area contributed by atoms with E-state index >= 15 is 0 Å². The molecular weight excluding hydrogens is 346 g/mol. The van der Waals surface area contributed by atoms with E-state index in [9.17, 15) is 0 Å². The lowest BCUT2D eigenvalue weighted by Gasteiger charge is -2.24. The molecule has 2 aliphatic rings. The Morgan fingerprint density at radius 3 is 2.85 bits per heavy atom. The van der Waals surface area contributed by atoms with Gasteiger partial charge in [-0.05, 0) is 49.2 Å². The molecule has 27 heavy (non-hydrogen) atoms. The Labute approximate surface area is 156 Å². The van der Waals surface area contributed by atoms with Gasteiger partial charge in [-0.1, -0.05) is 6.07 Å². The molecule has 7 nitrogen and oxygen atoms in total. The van der Waals surface area contributed by atoms with Crippen LogP contribution in [-0.2, 0) is 6.54 Å². The van der Waals surface area contributed by atoms with Crippen molar-refractivity contribution in [2.24, 2.45) is 0 Å². The van der Waals surface area contributed by atoms with Gasteiger partial charge in [0.05, 0.1) is 26.0 Å². The molecule has 5 rings (SSSR count). The normalized spacial score (nSPS) is 19.9. The third-order valence-electron chi connectivity index (χ3n) is 5.06. The number of likely N-dealkylation sites (tertiary alicyclic amines) is 1. The van der Waals surface area contributed by atoms with Gasteiger partial charge >= 0.3 is 0 Å². The maximum absolute atomic E-state index is 5.85. The van der Waals surface area contributed by atoms with Crippen molar-refractivity contribution in [1.29, 1.82) is 0 Å². The first-order valence-corrected chi connectivity index (χ1v) is 9.37. The van der Waals surface area contributed by atoms with Gasteiger partial charge in [0, 0.05) is 12.5 Å². The van der Waals surface area contributed by atoms with E-state index < -0.39 is 0 Å². The Bertz CT molecular complexity index is 906. The van der Waals surface area contributed by atoms with E-state index in [1.165, 1.54) is 5.56 Å². The van der Waals surface area contributed by atoms with Gasteiger partial charge in [0.25, 0.3) is 5.89 Å². The molecule has 0 radical (unpaired) electrons. The van der Waals surface area contributed by atoms with Gasteiger partial charge in [0.15, 0.2) is 17.3 Å². The summed E-state index contributed by atoms with van der Waals surface area (Å²) in [6.45, 7) is 3.02. The van der Waals surface area contributed by atoms with E-state index in [0.29, 0.717) is 43.3 Å². The Morgan fingerprint density at radius 2 is 1.96 bits per heavy atom. The molecule has 0 N–H and O–H groups in total. The third-order valence-corrected chi connectivity index (χ3v) is 5.06. The number of furan rings is 1. The first-order valence-electron chi connectivity index (χ1n) is 9.37. The van der Waals surface area contributed by atoms with Gasteiger partial charge in [-0.15, -0.1) is 10.2 Å². The summed E-state index contributed by atoms with van der Waals surface area (Å²) in [6.07, 6.45) is 4.74. The maximum atomic E-state index is 5.85. The zero-order valence-corrected chi connectivity index (χ0v) is 15.0. The molecule has 2 aromatic heterocycles. The summed E-state index contributed by atoms with van der Waals surface area (Å²) < 4.78 is 22.7. The Morgan fingerprint density at radius 1 is 1.04 bits per heavy atom. The number of aromatic nitrogens is 2. The van der Waals surface area contributed by atoms with Crippen molar-refractivity contribution in [2.75, 3.05) is 19.8 Å². The highest BCUT2D eigenvalue weighted by Crippen LogP contribution is 2.38. The molecule has 1 aromatic carbocycles. The highest BCUT2D eigenvalue weighted by molar-refractivity contribution is 5.44. The number of fused-ring (bicyclic) bond motifs is 1. The van der Waals surface area contributed by atoms with Crippen molar-refractivity contribution in [1.82, 2.24) is 15.1 Å². The summed E-state index contributed by atoms with van der Waals surface area (Å²) in [7, 11) is 0. The van der Waals surface area contributed by atoms with Crippen LogP contribution in [0, 0.1) is 0 Å². The first kappa shape index (κ1) is 16.4. The highest BCUT2D eigenvalue weighted by atomic mass is 16.5. The van der Waals surface area contributed by atoms with Gasteiger partial charge in [-0.25, -0.2) is 0 Å². The largest absolute Gasteiger partial charge is 0.490 e. The molecule has 1 saturated heterocycles. The molecule has 0 bridgehead atoms. The quantitative estimate of drug-likeness (QED) is 0.694. The lowest BCUT2D eigenvalue weighted by Crippen LogP contribution is -2.23. The van der Waals surface area contributed by atoms with Crippen molar-refractivity contribution in [3.63, 3.8) is 0 Å². The minimum Gasteiger partial charge on any atom is -0.490 e. The molecule has 140 valence electrons. The van der Waals surface area contributed by atoms with E-state index in [1.807, 2.05) is 12.1 Å². The SMILES string of the molecule is c1coc(-c2nnc(CN3CCC[C@H]3c3ccc4c(c3)OCCCO4)o2)c1. The fourth-order valence-electron chi connectivity index (χ4n) is 3.77. The second-order valence-electron chi connectivity index (χ2n) is 6.86. The average molecular weight is 367 g/mol. The minimum absolute atomic E-state index is 0.307. The molecule has 7 heteroatoms. The van der Waals surface area contributed by atoms with Crippen LogP contribution >= 0.6 is 0 Å². The van der Waals surface area contributed by atoms with Crippen molar-refractivity contribution in [3.8, 4) is 23.1 Å². The summed E-state index contributed by atoms with van der Waals surface area (Å²) in [6, 6.07) is 10.2. The molecule has 1 fully saturated rings. The Kier molecular flexibility index (Phi) is 4.29.